The van der Waals surface area contributed by atoms with Gasteiger partial charge in [0, 0.05) is 18.7 Å². The lowest BCUT2D eigenvalue weighted by Crippen LogP contribution is -2.46. The van der Waals surface area contributed by atoms with Crippen LogP contribution in [0.4, 0.5) is 4.39 Å². The van der Waals surface area contributed by atoms with Gasteiger partial charge < -0.3 is 4.74 Å². The summed E-state index contributed by atoms with van der Waals surface area (Å²) in [7, 11) is 0. The zero-order valence-electron chi connectivity index (χ0n) is 11.5. The molecule has 0 aromatic heterocycles. The van der Waals surface area contributed by atoms with Crippen LogP contribution in [-0.2, 0) is 4.74 Å². The molecule has 0 aliphatic carbocycles. The third-order valence-corrected chi connectivity index (χ3v) is 3.44. The molecular weight excluding hydrogens is 245 g/mol. The molecule has 19 heavy (non-hydrogen) atoms. The highest BCUT2D eigenvalue weighted by molar-refractivity contribution is 5.99. The maximum absolute atomic E-state index is 13.5. The van der Waals surface area contributed by atoms with Crippen molar-refractivity contribution < 1.29 is 13.9 Å². The van der Waals surface area contributed by atoms with Crippen LogP contribution < -0.4 is 0 Å². The first-order valence-electron chi connectivity index (χ1n) is 6.76. The smallest absolute Gasteiger partial charge is 0.192 e. The van der Waals surface area contributed by atoms with Gasteiger partial charge in [-0.15, -0.1) is 0 Å². The number of carbonyl (C=O) groups is 1. The van der Waals surface area contributed by atoms with E-state index < -0.39 is 6.10 Å². The first-order chi connectivity index (χ1) is 9.11. The largest absolute Gasteiger partial charge is 0.367 e. The molecule has 1 aliphatic rings. The van der Waals surface area contributed by atoms with Crippen molar-refractivity contribution in [3.63, 3.8) is 0 Å². The van der Waals surface area contributed by atoms with E-state index in [0.717, 1.165) is 19.5 Å². The van der Waals surface area contributed by atoms with Gasteiger partial charge >= 0.3 is 0 Å². The van der Waals surface area contributed by atoms with Crippen LogP contribution in [0.5, 0.6) is 0 Å². The molecule has 1 atom stereocenters. The number of ketones is 1. The molecule has 0 bridgehead atoms. The van der Waals surface area contributed by atoms with Crippen molar-refractivity contribution >= 4 is 5.78 Å². The average molecular weight is 265 g/mol. The summed E-state index contributed by atoms with van der Waals surface area (Å²) in [5.74, 6) is -0.466. The van der Waals surface area contributed by atoms with Gasteiger partial charge in [-0.25, -0.2) is 4.39 Å². The van der Waals surface area contributed by atoms with Crippen molar-refractivity contribution in [2.45, 2.75) is 26.4 Å². The number of ether oxygens (including phenoxy) is 1. The number of Topliss-reactive ketones (excluding diaryl/α,β-unsaturated/α-hetero) is 1. The Morgan fingerprint density at radius 1 is 1.53 bits per heavy atom. The Kier molecular flexibility index (Phi) is 4.66. The molecule has 4 heteroatoms. The summed E-state index contributed by atoms with van der Waals surface area (Å²) >= 11 is 0. The molecule has 0 saturated carbocycles. The fourth-order valence-corrected chi connectivity index (χ4v) is 2.31. The van der Waals surface area contributed by atoms with Crippen LogP contribution in [0.3, 0.4) is 0 Å². The molecule has 0 radical (unpaired) electrons. The molecule has 104 valence electrons. The zero-order valence-corrected chi connectivity index (χ0v) is 11.5. The molecule has 0 spiro atoms. The Bertz CT molecular complexity index is 459. The molecule has 3 nitrogen and oxygen atoms in total. The van der Waals surface area contributed by atoms with Crippen molar-refractivity contribution in [3.8, 4) is 0 Å². The summed E-state index contributed by atoms with van der Waals surface area (Å²) in [5, 5.41) is 0. The molecule has 0 amide bonds. The van der Waals surface area contributed by atoms with Gasteiger partial charge in [0.2, 0.25) is 0 Å². The first-order valence-corrected chi connectivity index (χ1v) is 6.76. The normalized spacial score (nSPS) is 20.5. The number of morpholine rings is 1. The van der Waals surface area contributed by atoms with Gasteiger partial charge in [-0.05, 0) is 31.5 Å². The summed E-state index contributed by atoms with van der Waals surface area (Å²) in [4.78, 5) is 14.5. The second-order valence-corrected chi connectivity index (χ2v) is 4.99. The predicted octanol–water partition coefficient (Wildman–Crippen LogP) is 2.43. The Hall–Kier alpha value is -1.26. The first kappa shape index (κ1) is 14.2. The van der Waals surface area contributed by atoms with Gasteiger partial charge in [0.25, 0.3) is 0 Å². The number of hydrogen-bond donors (Lipinski definition) is 0. The highest BCUT2D eigenvalue weighted by Crippen LogP contribution is 2.15. The Balaban J connectivity index is 2.08. The van der Waals surface area contributed by atoms with Crippen molar-refractivity contribution in [3.05, 3.63) is 35.1 Å². The third-order valence-electron chi connectivity index (χ3n) is 3.44. The Morgan fingerprint density at radius 3 is 3.00 bits per heavy atom. The van der Waals surface area contributed by atoms with Gasteiger partial charge in [0.1, 0.15) is 11.9 Å². The van der Waals surface area contributed by atoms with E-state index in [1.807, 2.05) is 0 Å². The topological polar surface area (TPSA) is 29.5 Å². The van der Waals surface area contributed by atoms with Gasteiger partial charge in [-0.3, -0.25) is 9.69 Å². The molecule has 1 aromatic carbocycles. The lowest BCUT2D eigenvalue weighted by molar-refractivity contribution is -0.0163. The number of hydrogen-bond acceptors (Lipinski definition) is 3. The number of benzene rings is 1. The molecule has 1 aromatic rings. The van der Waals surface area contributed by atoms with Crippen LogP contribution in [0, 0.1) is 12.7 Å². The summed E-state index contributed by atoms with van der Waals surface area (Å²) in [6.07, 6.45) is 0.586. The number of aryl methyl sites for hydroxylation is 1. The van der Waals surface area contributed by atoms with Crippen LogP contribution in [0.25, 0.3) is 0 Å². The molecule has 0 N–H and O–H groups in total. The number of halogens is 1. The number of nitrogens with zero attached hydrogens (tertiary/aromatic N) is 1. The molecule has 1 fully saturated rings. The SMILES string of the molecule is CCCN1CCOC(C(=O)c2ccc(C)c(F)c2)C1. The summed E-state index contributed by atoms with van der Waals surface area (Å²) < 4.78 is 19.0. The summed E-state index contributed by atoms with van der Waals surface area (Å²) in [6.45, 7) is 6.79. The van der Waals surface area contributed by atoms with E-state index in [2.05, 4.69) is 11.8 Å². The second kappa shape index (κ2) is 6.26. The van der Waals surface area contributed by atoms with Crippen molar-refractivity contribution in [1.29, 1.82) is 0 Å². The van der Waals surface area contributed by atoms with Gasteiger partial charge in [-0.1, -0.05) is 19.1 Å². The minimum Gasteiger partial charge on any atom is -0.367 e. The quantitative estimate of drug-likeness (QED) is 0.783. The summed E-state index contributed by atoms with van der Waals surface area (Å²) in [6, 6.07) is 4.61. The van der Waals surface area contributed by atoms with Crippen LogP contribution in [0.15, 0.2) is 18.2 Å². The van der Waals surface area contributed by atoms with E-state index in [0.29, 0.717) is 24.3 Å². The predicted molar refractivity (Wildman–Crippen MR) is 71.9 cm³/mol. The summed E-state index contributed by atoms with van der Waals surface area (Å²) in [5.41, 5.74) is 0.945. The van der Waals surface area contributed by atoms with Crippen LogP contribution in [-0.4, -0.2) is 43.0 Å². The fraction of sp³-hybridized carbons (Fsp3) is 0.533. The van der Waals surface area contributed by atoms with Crippen LogP contribution in [0.2, 0.25) is 0 Å². The maximum atomic E-state index is 13.5. The molecule has 1 saturated heterocycles. The van der Waals surface area contributed by atoms with E-state index in [-0.39, 0.29) is 11.6 Å². The molecule has 1 aliphatic heterocycles. The number of carbonyl (C=O) groups excluding carboxylic acids is 1. The minimum atomic E-state index is -0.470. The van der Waals surface area contributed by atoms with Crippen molar-refractivity contribution in [2.24, 2.45) is 0 Å². The van der Waals surface area contributed by atoms with Gasteiger partial charge in [0.05, 0.1) is 6.61 Å². The Labute approximate surface area is 113 Å². The van der Waals surface area contributed by atoms with Crippen molar-refractivity contribution in [2.75, 3.05) is 26.2 Å². The average Bonchev–Trinajstić information content (AvgIpc) is 2.42. The van der Waals surface area contributed by atoms with Crippen molar-refractivity contribution in [1.82, 2.24) is 4.90 Å². The standard InChI is InChI=1S/C15H20FNO2/c1-3-6-17-7-8-19-14(10-17)15(18)12-5-4-11(2)13(16)9-12/h4-5,9,14H,3,6-8,10H2,1-2H3. The van der Waals surface area contributed by atoms with Gasteiger partial charge in [-0.2, -0.15) is 0 Å². The van der Waals surface area contributed by atoms with E-state index >= 15 is 0 Å². The Morgan fingerprint density at radius 2 is 2.32 bits per heavy atom. The molecular formula is C15H20FNO2. The van der Waals surface area contributed by atoms with E-state index in [4.69, 9.17) is 4.74 Å². The van der Waals surface area contributed by atoms with E-state index in [1.54, 1.807) is 19.1 Å². The van der Waals surface area contributed by atoms with Gasteiger partial charge in [0.15, 0.2) is 5.78 Å². The second-order valence-electron chi connectivity index (χ2n) is 4.99. The van der Waals surface area contributed by atoms with Crippen LogP contribution >= 0.6 is 0 Å². The monoisotopic (exact) mass is 265 g/mol. The zero-order chi connectivity index (χ0) is 13.8. The third kappa shape index (κ3) is 3.39. The molecule has 1 heterocycles. The minimum absolute atomic E-state index is 0.125. The molecule has 1 unspecified atom stereocenters. The van der Waals surface area contributed by atoms with E-state index in [9.17, 15) is 9.18 Å². The fourth-order valence-electron chi connectivity index (χ4n) is 2.31. The van der Waals surface area contributed by atoms with E-state index in [1.165, 1.54) is 6.07 Å². The lowest BCUT2D eigenvalue weighted by Gasteiger charge is -2.31. The lowest BCUT2D eigenvalue weighted by atomic mass is 10.0. The highest BCUT2D eigenvalue weighted by atomic mass is 19.1. The number of rotatable bonds is 4. The maximum Gasteiger partial charge on any atom is 0.192 e. The molecule has 2 rings (SSSR count). The highest BCUT2D eigenvalue weighted by Gasteiger charge is 2.27. The van der Waals surface area contributed by atoms with Crippen LogP contribution in [0.1, 0.15) is 29.3 Å².